The fourth-order valence-electron chi connectivity index (χ4n) is 6.27. The van der Waals surface area contributed by atoms with Gasteiger partial charge in [-0.3, -0.25) is 0 Å². The Bertz CT molecular complexity index is 1770. The second-order valence-corrected chi connectivity index (χ2v) is 12.3. The molecule has 1 N–H and O–H groups in total. The van der Waals surface area contributed by atoms with Crippen molar-refractivity contribution in [1.29, 1.82) is 0 Å². The zero-order chi connectivity index (χ0) is 29.2. The number of anilines is 1. The molecule has 1 atom stereocenters. The van der Waals surface area contributed by atoms with E-state index in [0.29, 0.717) is 16.7 Å². The minimum atomic E-state index is -0.479. The summed E-state index contributed by atoms with van der Waals surface area (Å²) in [6, 6.07) is 28.7. The maximum Gasteiger partial charge on any atom is 0.338 e. The van der Waals surface area contributed by atoms with Crippen LogP contribution >= 0.6 is 11.8 Å². The van der Waals surface area contributed by atoms with Crippen molar-refractivity contribution < 1.29 is 9.53 Å². The lowest BCUT2D eigenvalue weighted by Gasteiger charge is -2.29. The number of esters is 1. The minimum Gasteiger partial charge on any atom is -0.459 e. The van der Waals surface area contributed by atoms with Crippen LogP contribution in [0.5, 0.6) is 0 Å². The maximum absolute atomic E-state index is 14.0. The number of para-hydroxylation sites is 1. The van der Waals surface area contributed by atoms with Gasteiger partial charge in [0.1, 0.15) is 12.1 Å². The lowest BCUT2D eigenvalue weighted by molar-refractivity contribution is -0.146. The summed E-state index contributed by atoms with van der Waals surface area (Å²) >= 11 is 1.59. The first-order valence-corrected chi connectivity index (χ1v) is 16.1. The van der Waals surface area contributed by atoms with Gasteiger partial charge < -0.3 is 14.6 Å². The molecule has 1 saturated carbocycles. The quantitative estimate of drug-likeness (QED) is 0.147. The van der Waals surface area contributed by atoms with Crippen LogP contribution in [-0.2, 0) is 21.8 Å². The summed E-state index contributed by atoms with van der Waals surface area (Å²) in [6.07, 6.45) is 7.36. The monoisotopic (exact) mass is 589 g/mol. The molecular weight excluding hydrogens is 554 g/mol. The average Bonchev–Trinajstić information content (AvgIpc) is 3.62. The average molecular weight is 590 g/mol. The molecule has 2 aromatic heterocycles. The molecule has 8 heteroatoms. The molecule has 1 aliphatic carbocycles. The SMILES string of the molecule is CC1=C(C(=O)OC2CCCCC2)C(c2cn(Cc3ccccc3)c3ccccc23)n2nc(SCc3ccccc3)nc2N1. The number of allylic oxidation sites excluding steroid dienone is 1. The van der Waals surface area contributed by atoms with Crippen molar-refractivity contribution in [3.05, 3.63) is 119 Å². The van der Waals surface area contributed by atoms with Gasteiger partial charge in [-0.2, -0.15) is 4.98 Å². The van der Waals surface area contributed by atoms with Crippen LogP contribution in [0.3, 0.4) is 0 Å². The molecule has 218 valence electrons. The standard InChI is InChI=1S/C35H35N5O2S/c1-24-31(33(41)42-27-17-9-4-10-18-27)32(40-34(36-24)37-35(38-40)43-23-26-15-7-3-8-16-26)29-22-39(21-25-13-5-2-6-14-25)30-20-12-11-19-28(29)30/h2-3,5-8,11-16,19-20,22,27,32H,4,9-10,17-18,21,23H2,1H3,(H,36,37,38). The molecule has 0 radical (unpaired) electrons. The first kappa shape index (κ1) is 27.5. The number of hydrogen-bond acceptors (Lipinski definition) is 6. The van der Waals surface area contributed by atoms with Gasteiger partial charge in [0, 0.05) is 40.7 Å². The molecule has 0 bridgehead atoms. The number of benzene rings is 3. The fraction of sp³-hybridized carbons (Fsp3) is 0.286. The highest BCUT2D eigenvalue weighted by molar-refractivity contribution is 7.98. The van der Waals surface area contributed by atoms with E-state index < -0.39 is 6.04 Å². The summed E-state index contributed by atoms with van der Waals surface area (Å²) in [4.78, 5) is 18.9. The largest absolute Gasteiger partial charge is 0.459 e. The van der Waals surface area contributed by atoms with Gasteiger partial charge in [0.25, 0.3) is 0 Å². The number of carbonyl (C=O) groups is 1. The van der Waals surface area contributed by atoms with Crippen LogP contribution in [0.15, 0.2) is 108 Å². The third kappa shape index (κ3) is 5.71. The van der Waals surface area contributed by atoms with Gasteiger partial charge >= 0.3 is 5.97 Å². The topological polar surface area (TPSA) is 74.0 Å². The van der Waals surface area contributed by atoms with Gasteiger partial charge in [0.15, 0.2) is 0 Å². The van der Waals surface area contributed by atoms with Gasteiger partial charge in [0.2, 0.25) is 11.1 Å². The van der Waals surface area contributed by atoms with Gasteiger partial charge in [-0.05, 0) is 49.8 Å². The molecule has 5 aromatic rings. The van der Waals surface area contributed by atoms with Crippen molar-refractivity contribution in [2.24, 2.45) is 0 Å². The molecule has 0 spiro atoms. The first-order valence-electron chi connectivity index (χ1n) is 15.1. The molecule has 3 aromatic carbocycles. The van der Waals surface area contributed by atoms with Crippen molar-refractivity contribution in [3.8, 4) is 0 Å². The predicted octanol–water partition coefficient (Wildman–Crippen LogP) is 7.74. The Kier molecular flexibility index (Phi) is 7.77. The number of nitrogens with zero attached hydrogens (tertiary/aromatic N) is 4. The summed E-state index contributed by atoms with van der Waals surface area (Å²) in [5, 5.41) is 10.1. The van der Waals surface area contributed by atoms with Crippen LogP contribution in [0.25, 0.3) is 10.9 Å². The molecule has 1 aliphatic heterocycles. The van der Waals surface area contributed by atoms with E-state index in [1.165, 1.54) is 17.5 Å². The molecule has 43 heavy (non-hydrogen) atoms. The van der Waals surface area contributed by atoms with Gasteiger partial charge in [-0.25, -0.2) is 9.48 Å². The molecule has 2 aliphatic rings. The van der Waals surface area contributed by atoms with Crippen molar-refractivity contribution in [1.82, 2.24) is 19.3 Å². The molecule has 1 fully saturated rings. The van der Waals surface area contributed by atoms with Crippen LogP contribution in [-0.4, -0.2) is 31.4 Å². The Morgan fingerprint density at radius 1 is 0.930 bits per heavy atom. The number of thioether (sulfide) groups is 1. The maximum atomic E-state index is 14.0. The Hall–Kier alpha value is -4.30. The smallest absolute Gasteiger partial charge is 0.338 e. The van der Waals surface area contributed by atoms with Crippen molar-refractivity contribution in [2.45, 2.75) is 68.6 Å². The number of nitrogens with one attached hydrogen (secondary N) is 1. The highest BCUT2D eigenvalue weighted by Crippen LogP contribution is 2.41. The lowest BCUT2D eigenvalue weighted by atomic mass is 9.94. The van der Waals surface area contributed by atoms with Crippen LogP contribution in [0.2, 0.25) is 0 Å². The number of rotatable bonds is 8. The second kappa shape index (κ2) is 12.1. The molecule has 7 nitrogen and oxygen atoms in total. The van der Waals surface area contributed by atoms with Crippen LogP contribution in [0, 0.1) is 0 Å². The van der Waals surface area contributed by atoms with Crippen LogP contribution in [0.1, 0.15) is 61.8 Å². The van der Waals surface area contributed by atoms with E-state index in [9.17, 15) is 4.79 Å². The highest BCUT2D eigenvalue weighted by atomic mass is 32.2. The van der Waals surface area contributed by atoms with E-state index in [-0.39, 0.29) is 12.1 Å². The number of aromatic nitrogens is 4. The third-order valence-corrected chi connectivity index (χ3v) is 9.31. The predicted molar refractivity (Wildman–Crippen MR) is 171 cm³/mol. The Morgan fingerprint density at radius 2 is 1.63 bits per heavy atom. The van der Waals surface area contributed by atoms with Gasteiger partial charge in [-0.15, -0.1) is 5.10 Å². The molecule has 0 amide bonds. The Morgan fingerprint density at radius 3 is 2.40 bits per heavy atom. The second-order valence-electron chi connectivity index (χ2n) is 11.4. The summed E-state index contributed by atoms with van der Waals surface area (Å²) in [6.45, 7) is 2.67. The normalized spacial score (nSPS) is 17.1. The molecule has 7 rings (SSSR count). The van der Waals surface area contributed by atoms with Crippen molar-refractivity contribution >= 4 is 34.6 Å². The van der Waals surface area contributed by atoms with E-state index in [4.69, 9.17) is 14.8 Å². The van der Waals surface area contributed by atoms with E-state index in [1.807, 2.05) is 35.9 Å². The lowest BCUT2D eigenvalue weighted by Crippen LogP contribution is -2.32. The molecule has 0 saturated heterocycles. The van der Waals surface area contributed by atoms with E-state index in [2.05, 4.69) is 76.7 Å². The van der Waals surface area contributed by atoms with E-state index >= 15 is 0 Å². The van der Waals surface area contributed by atoms with Crippen LogP contribution < -0.4 is 5.32 Å². The summed E-state index contributed by atoms with van der Waals surface area (Å²) in [5.41, 5.74) is 5.88. The Balaban J connectivity index is 1.30. The number of carbonyl (C=O) groups excluding carboxylic acids is 1. The highest BCUT2D eigenvalue weighted by Gasteiger charge is 2.38. The van der Waals surface area contributed by atoms with Crippen molar-refractivity contribution in [3.63, 3.8) is 0 Å². The molecule has 3 heterocycles. The van der Waals surface area contributed by atoms with Crippen LogP contribution in [0.4, 0.5) is 5.95 Å². The molecular formula is C35H35N5O2S. The number of ether oxygens (including phenoxy) is 1. The van der Waals surface area contributed by atoms with E-state index in [1.54, 1.807) is 11.8 Å². The van der Waals surface area contributed by atoms with E-state index in [0.717, 1.165) is 60.1 Å². The number of hydrogen-bond donors (Lipinski definition) is 1. The fourth-order valence-corrected chi connectivity index (χ4v) is 7.05. The Labute approximate surface area is 256 Å². The third-order valence-electron chi connectivity index (χ3n) is 8.40. The number of fused-ring (bicyclic) bond motifs is 2. The van der Waals surface area contributed by atoms with Gasteiger partial charge in [-0.1, -0.05) is 97.0 Å². The zero-order valence-corrected chi connectivity index (χ0v) is 25.1. The first-order chi connectivity index (χ1) is 21.1. The van der Waals surface area contributed by atoms with Gasteiger partial charge in [0.05, 0.1) is 5.57 Å². The summed E-state index contributed by atoms with van der Waals surface area (Å²) < 4.78 is 10.3. The zero-order valence-electron chi connectivity index (χ0n) is 24.3. The molecule has 1 unspecified atom stereocenters. The summed E-state index contributed by atoms with van der Waals surface area (Å²) in [5.74, 6) is 1.11. The minimum absolute atomic E-state index is 0.0456. The van der Waals surface area contributed by atoms with Crippen molar-refractivity contribution in [2.75, 3.05) is 5.32 Å². The summed E-state index contributed by atoms with van der Waals surface area (Å²) in [7, 11) is 0.